The third-order valence-electron chi connectivity index (χ3n) is 1.83. The molecule has 1 unspecified atom stereocenters. The zero-order valence-corrected chi connectivity index (χ0v) is 6.66. The molecule has 1 heterocycles. The summed E-state index contributed by atoms with van der Waals surface area (Å²) in [5.41, 5.74) is 9.21. The van der Waals surface area contributed by atoms with Gasteiger partial charge in [0.1, 0.15) is 0 Å². The maximum atomic E-state index is 10.8. The lowest BCUT2D eigenvalue weighted by atomic mass is 9.98. The van der Waals surface area contributed by atoms with Gasteiger partial charge in [-0.2, -0.15) is 0 Å². The van der Waals surface area contributed by atoms with Crippen molar-refractivity contribution < 1.29 is 14.3 Å². The topological polar surface area (TPSA) is 95.4 Å². The maximum absolute atomic E-state index is 10.8. The highest BCUT2D eigenvalue weighted by molar-refractivity contribution is 5.95. The molecule has 0 spiro atoms. The average molecular weight is 170 g/mol. The summed E-state index contributed by atoms with van der Waals surface area (Å²) in [4.78, 5) is 21.4. The number of hydrogen-bond donors (Lipinski definition) is 2. The number of nitrogens with two attached hydrogens (primary N) is 2. The molecular weight excluding hydrogens is 160 g/mol. The minimum absolute atomic E-state index is 0.150. The summed E-state index contributed by atoms with van der Waals surface area (Å²) in [6.45, 7) is 1.52. The van der Waals surface area contributed by atoms with Crippen LogP contribution in [-0.2, 0) is 14.3 Å². The van der Waals surface area contributed by atoms with E-state index in [4.69, 9.17) is 16.2 Å². The van der Waals surface area contributed by atoms with Gasteiger partial charge in [0.15, 0.2) is 5.60 Å². The lowest BCUT2D eigenvalue weighted by Crippen LogP contribution is -2.40. The van der Waals surface area contributed by atoms with Gasteiger partial charge < -0.3 is 16.2 Å². The van der Waals surface area contributed by atoms with Gasteiger partial charge in [-0.3, -0.25) is 9.59 Å². The Bertz CT molecular complexity index is 272. The summed E-state index contributed by atoms with van der Waals surface area (Å²) in [6.07, 6.45) is 1.34. The molecule has 1 aliphatic rings. The van der Waals surface area contributed by atoms with Crippen LogP contribution in [0.2, 0.25) is 0 Å². The maximum Gasteiger partial charge on any atom is 0.261 e. The second kappa shape index (κ2) is 2.51. The van der Waals surface area contributed by atoms with Gasteiger partial charge in [0.05, 0.1) is 11.8 Å². The lowest BCUT2D eigenvalue weighted by molar-refractivity contribution is -0.133. The Balaban J connectivity index is 2.75. The van der Waals surface area contributed by atoms with Crippen LogP contribution >= 0.6 is 0 Å². The predicted molar refractivity (Wildman–Crippen MR) is 40.6 cm³/mol. The summed E-state index contributed by atoms with van der Waals surface area (Å²) in [5, 5.41) is 0. The first-order valence-electron chi connectivity index (χ1n) is 3.42. The first kappa shape index (κ1) is 8.58. The Morgan fingerprint density at radius 2 is 2.17 bits per heavy atom. The van der Waals surface area contributed by atoms with E-state index in [0.29, 0.717) is 0 Å². The summed E-state index contributed by atoms with van der Waals surface area (Å²) in [5.74, 6) is -1.19. The standard InChI is InChI=1S/C7H10N2O3/c1-7(6(9)11)2-4(3-12-7)5(8)10/h3H,2H2,1H3,(H2,8,10)(H2,9,11). The van der Waals surface area contributed by atoms with Crippen LogP contribution in [0.5, 0.6) is 0 Å². The van der Waals surface area contributed by atoms with Crippen molar-refractivity contribution in [3.8, 4) is 0 Å². The zero-order chi connectivity index (χ0) is 9.35. The Morgan fingerprint density at radius 3 is 2.42 bits per heavy atom. The fourth-order valence-corrected chi connectivity index (χ4v) is 0.938. The van der Waals surface area contributed by atoms with Crippen molar-refractivity contribution in [1.82, 2.24) is 0 Å². The molecule has 12 heavy (non-hydrogen) atoms. The second-order valence-corrected chi connectivity index (χ2v) is 2.90. The number of carbonyl (C=O) groups excluding carboxylic acids is 2. The summed E-state index contributed by atoms with van der Waals surface area (Å²) in [6, 6.07) is 0. The SMILES string of the molecule is CC1(C(N)=O)CC(C(N)=O)=CO1. The molecular formula is C7H10N2O3. The van der Waals surface area contributed by atoms with Crippen LogP contribution in [0.25, 0.3) is 0 Å². The van der Waals surface area contributed by atoms with Crippen molar-refractivity contribution in [2.45, 2.75) is 18.9 Å². The van der Waals surface area contributed by atoms with Crippen LogP contribution in [0.15, 0.2) is 11.8 Å². The largest absolute Gasteiger partial charge is 0.484 e. The molecule has 0 aromatic heterocycles. The van der Waals surface area contributed by atoms with Crippen molar-refractivity contribution >= 4 is 11.8 Å². The highest BCUT2D eigenvalue weighted by atomic mass is 16.5. The fraction of sp³-hybridized carbons (Fsp3) is 0.429. The molecule has 0 saturated carbocycles. The van der Waals surface area contributed by atoms with E-state index >= 15 is 0 Å². The van der Waals surface area contributed by atoms with Crippen molar-refractivity contribution in [2.75, 3.05) is 0 Å². The minimum atomic E-state index is -1.11. The van der Waals surface area contributed by atoms with Gasteiger partial charge >= 0.3 is 0 Å². The van der Waals surface area contributed by atoms with Crippen LogP contribution in [0.1, 0.15) is 13.3 Å². The monoisotopic (exact) mass is 170 g/mol. The molecule has 66 valence electrons. The molecule has 0 aliphatic carbocycles. The third-order valence-corrected chi connectivity index (χ3v) is 1.83. The van der Waals surface area contributed by atoms with Crippen molar-refractivity contribution in [1.29, 1.82) is 0 Å². The number of primary amides is 2. The summed E-state index contributed by atoms with van der Waals surface area (Å²) < 4.78 is 4.94. The molecule has 0 aromatic rings. The molecule has 5 heteroatoms. The Labute approximate surface area is 69.3 Å². The van der Waals surface area contributed by atoms with E-state index in [1.165, 1.54) is 13.2 Å². The van der Waals surface area contributed by atoms with Gasteiger partial charge in [0.25, 0.3) is 5.91 Å². The van der Waals surface area contributed by atoms with E-state index in [-0.39, 0.29) is 12.0 Å². The second-order valence-electron chi connectivity index (χ2n) is 2.90. The fourth-order valence-electron chi connectivity index (χ4n) is 0.938. The van der Waals surface area contributed by atoms with Crippen LogP contribution in [0, 0.1) is 0 Å². The number of ether oxygens (including phenoxy) is 1. The zero-order valence-electron chi connectivity index (χ0n) is 6.66. The van der Waals surface area contributed by atoms with Gasteiger partial charge in [-0.25, -0.2) is 0 Å². The Kier molecular flexibility index (Phi) is 1.79. The van der Waals surface area contributed by atoms with Gasteiger partial charge in [-0.1, -0.05) is 0 Å². The van der Waals surface area contributed by atoms with Crippen molar-refractivity contribution in [3.63, 3.8) is 0 Å². The average Bonchev–Trinajstić information content (AvgIpc) is 2.33. The molecule has 1 rings (SSSR count). The number of amides is 2. The Morgan fingerprint density at radius 1 is 1.58 bits per heavy atom. The first-order chi connectivity index (χ1) is 5.46. The van der Waals surface area contributed by atoms with E-state index in [2.05, 4.69) is 0 Å². The van der Waals surface area contributed by atoms with Crippen LogP contribution < -0.4 is 11.5 Å². The molecule has 1 aliphatic heterocycles. The van der Waals surface area contributed by atoms with Gasteiger partial charge in [0, 0.05) is 6.42 Å². The third kappa shape index (κ3) is 1.25. The van der Waals surface area contributed by atoms with Gasteiger partial charge in [-0.15, -0.1) is 0 Å². The molecule has 4 N–H and O–H groups in total. The lowest BCUT2D eigenvalue weighted by Gasteiger charge is -2.18. The number of rotatable bonds is 2. The van der Waals surface area contributed by atoms with E-state index in [0.717, 1.165) is 0 Å². The predicted octanol–water partition coefficient (Wildman–Crippen LogP) is -0.980. The van der Waals surface area contributed by atoms with Crippen molar-refractivity contribution in [2.24, 2.45) is 11.5 Å². The minimum Gasteiger partial charge on any atom is -0.484 e. The van der Waals surface area contributed by atoms with Crippen LogP contribution in [0.3, 0.4) is 0 Å². The van der Waals surface area contributed by atoms with E-state index < -0.39 is 17.4 Å². The molecule has 5 nitrogen and oxygen atoms in total. The smallest absolute Gasteiger partial charge is 0.261 e. The molecule has 0 fully saturated rings. The van der Waals surface area contributed by atoms with Crippen molar-refractivity contribution in [3.05, 3.63) is 11.8 Å². The first-order valence-corrected chi connectivity index (χ1v) is 3.42. The van der Waals surface area contributed by atoms with Crippen LogP contribution in [0.4, 0.5) is 0 Å². The highest BCUT2D eigenvalue weighted by Crippen LogP contribution is 2.27. The van der Waals surface area contributed by atoms with Gasteiger partial charge in [0.2, 0.25) is 5.91 Å². The summed E-state index contributed by atoms with van der Waals surface area (Å²) in [7, 11) is 0. The molecule has 2 amide bonds. The molecule has 0 bridgehead atoms. The van der Waals surface area contributed by atoms with E-state index in [9.17, 15) is 9.59 Å². The number of carbonyl (C=O) groups is 2. The molecule has 0 aromatic carbocycles. The highest BCUT2D eigenvalue weighted by Gasteiger charge is 2.39. The molecule has 0 saturated heterocycles. The normalized spacial score (nSPS) is 27.6. The summed E-state index contributed by atoms with van der Waals surface area (Å²) >= 11 is 0. The quantitative estimate of drug-likeness (QED) is 0.557. The van der Waals surface area contributed by atoms with Gasteiger partial charge in [-0.05, 0) is 6.92 Å². The molecule has 1 atom stereocenters. The Hall–Kier alpha value is -1.52. The van der Waals surface area contributed by atoms with E-state index in [1.807, 2.05) is 0 Å². The number of hydrogen-bond acceptors (Lipinski definition) is 3. The van der Waals surface area contributed by atoms with E-state index in [1.54, 1.807) is 0 Å². The molecule has 0 radical (unpaired) electrons. The van der Waals surface area contributed by atoms with Crippen LogP contribution in [-0.4, -0.2) is 17.4 Å².